The summed E-state index contributed by atoms with van der Waals surface area (Å²) < 4.78 is 0.731. The van der Waals surface area contributed by atoms with E-state index in [0.717, 1.165) is 16.2 Å². The Bertz CT molecular complexity index is 384. The first-order chi connectivity index (χ1) is 7.56. The molecule has 2 nitrogen and oxygen atoms in total. The highest BCUT2D eigenvalue weighted by molar-refractivity contribution is 9.10. The lowest BCUT2D eigenvalue weighted by Crippen LogP contribution is -2.32. The van der Waals surface area contributed by atoms with E-state index in [1.807, 2.05) is 6.92 Å². The largest absolute Gasteiger partial charge is 0.350 e. The molecule has 0 aliphatic heterocycles. The standard InChI is InChI=1S/C11H12Br2ClNO/c1-7(5-6-12)15-11(16)8-3-2-4-9(13)10(8)14/h2-4,7H,5-6H2,1H3,(H,15,16). The number of rotatable bonds is 4. The third-order valence-electron chi connectivity index (χ3n) is 2.12. The van der Waals surface area contributed by atoms with Crippen LogP contribution in [0.5, 0.6) is 0 Å². The molecule has 0 saturated heterocycles. The maximum atomic E-state index is 11.9. The van der Waals surface area contributed by atoms with Gasteiger partial charge >= 0.3 is 0 Å². The molecule has 0 fully saturated rings. The summed E-state index contributed by atoms with van der Waals surface area (Å²) in [6, 6.07) is 5.44. The van der Waals surface area contributed by atoms with Crippen LogP contribution < -0.4 is 5.32 Å². The third kappa shape index (κ3) is 3.75. The summed E-state index contributed by atoms with van der Waals surface area (Å²) in [5.74, 6) is -0.139. The number of nitrogens with one attached hydrogen (secondary N) is 1. The molecule has 0 saturated carbocycles. The SMILES string of the molecule is CC(CCBr)NC(=O)c1cccc(Br)c1Cl. The summed E-state index contributed by atoms with van der Waals surface area (Å²) in [6.07, 6.45) is 0.886. The number of halogens is 3. The molecule has 0 spiro atoms. The van der Waals surface area contributed by atoms with Crippen molar-refractivity contribution in [3.8, 4) is 0 Å². The maximum Gasteiger partial charge on any atom is 0.253 e. The van der Waals surface area contributed by atoms with Crippen LogP contribution in [-0.2, 0) is 0 Å². The van der Waals surface area contributed by atoms with E-state index in [2.05, 4.69) is 37.2 Å². The molecule has 1 aromatic rings. The van der Waals surface area contributed by atoms with Crippen LogP contribution in [0.1, 0.15) is 23.7 Å². The van der Waals surface area contributed by atoms with E-state index >= 15 is 0 Å². The molecule has 0 radical (unpaired) electrons. The van der Waals surface area contributed by atoms with Crippen molar-refractivity contribution in [3.63, 3.8) is 0 Å². The van der Waals surface area contributed by atoms with Gasteiger partial charge in [0.1, 0.15) is 0 Å². The number of benzene rings is 1. The second kappa shape index (κ2) is 6.62. The molecule has 0 aromatic heterocycles. The number of alkyl halides is 1. The minimum Gasteiger partial charge on any atom is -0.350 e. The monoisotopic (exact) mass is 367 g/mol. The van der Waals surface area contributed by atoms with Gasteiger partial charge < -0.3 is 5.32 Å². The van der Waals surface area contributed by atoms with Crippen molar-refractivity contribution in [2.45, 2.75) is 19.4 Å². The van der Waals surface area contributed by atoms with Crippen molar-refractivity contribution in [3.05, 3.63) is 33.3 Å². The van der Waals surface area contributed by atoms with Crippen molar-refractivity contribution < 1.29 is 4.79 Å². The smallest absolute Gasteiger partial charge is 0.253 e. The van der Waals surface area contributed by atoms with Gasteiger partial charge in [-0.05, 0) is 41.4 Å². The summed E-state index contributed by atoms with van der Waals surface area (Å²) in [7, 11) is 0. The molecular formula is C11H12Br2ClNO. The topological polar surface area (TPSA) is 29.1 Å². The number of hydrogen-bond acceptors (Lipinski definition) is 1. The van der Waals surface area contributed by atoms with E-state index in [-0.39, 0.29) is 11.9 Å². The summed E-state index contributed by atoms with van der Waals surface area (Å²) >= 11 is 12.7. The first-order valence-electron chi connectivity index (χ1n) is 4.87. The molecule has 1 N–H and O–H groups in total. The third-order valence-corrected chi connectivity index (χ3v) is 3.87. The number of hydrogen-bond donors (Lipinski definition) is 1. The van der Waals surface area contributed by atoms with Gasteiger partial charge in [0.2, 0.25) is 0 Å². The molecule has 1 rings (SSSR count). The van der Waals surface area contributed by atoms with Gasteiger partial charge in [0.15, 0.2) is 0 Å². The molecule has 16 heavy (non-hydrogen) atoms. The molecular weight excluding hydrogens is 357 g/mol. The Balaban J connectivity index is 2.77. The van der Waals surface area contributed by atoms with Gasteiger partial charge in [-0.25, -0.2) is 0 Å². The van der Waals surface area contributed by atoms with Crippen LogP contribution in [0.3, 0.4) is 0 Å². The molecule has 0 aliphatic rings. The van der Waals surface area contributed by atoms with Gasteiger partial charge in [-0.2, -0.15) is 0 Å². The first kappa shape index (κ1) is 14.0. The molecule has 88 valence electrons. The van der Waals surface area contributed by atoms with Crippen molar-refractivity contribution >= 4 is 49.4 Å². The van der Waals surface area contributed by atoms with Gasteiger partial charge in [-0.1, -0.05) is 33.6 Å². The minimum absolute atomic E-state index is 0.127. The molecule has 1 atom stereocenters. The lowest BCUT2D eigenvalue weighted by molar-refractivity contribution is 0.0939. The Labute approximate surface area is 117 Å². The number of carbonyl (C=O) groups is 1. The lowest BCUT2D eigenvalue weighted by Gasteiger charge is -2.13. The van der Waals surface area contributed by atoms with E-state index in [1.54, 1.807) is 18.2 Å². The zero-order valence-electron chi connectivity index (χ0n) is 8.77. The second-order valence-electron chi connectivity index (χ2n) is 3.45. The summed E-state index contributed by atoms with van der Waals surface area (Å²) in [6.45, 7) is 1.96. The van der Waals surface area contributed by atoms with Crippen molar-refractivity contribution in [1.82, 2.24) is 5.32 Å². The van der Waals surface area contributed by atoms with Gasteiger partial charge in [-0.15, -0.1) is 0 Å². The Morgan fingerprint density at radius 3 is 2.88 bits per heavy atom. The summed E-state index contributed by atoms with van der Waals surface area (Å²) in [4.78, 5) is 11.9. The van der Waals surface area contributed by atoms with Crippen LogP contribution in [0.4, 0.5) is 0 Å². The van der Waals surface area contributed by atoms with Crippen molar-refractivity contribution in [2.24, 2.45) is 0 Å². The highest BCUT2D eigenvalue weighted by Crippen LogP contribution is 2.25. The van der Waals surface area contributed by atoms with E-state index in [9.17, 15) is 4.79 Å². The molecule has 5 heteroatoms. The van der Waals surface area contributed by atoms with Gasteiger partial charge in [0, 0.05) is 15.8 Å². The van der Waals surface area contributed by atoms with Gasteiger partial charge in [0.25, 0.3) is 5.91 Å². The molecule has 1 amide bonds. The molecule has 0 bridgehead atoms. The van der Waals surface area contributed by atoms with Crippen LogP contribution in [-0.4, -0.2) is 17.3 Å². The van der Waals surface area contributed by atoms with Crippen molar-refractivity contribution in [1.29, 1.82) is 0 Å². The van der Waals surface area contributed by atoms with Crippen LogP contribution in [0.2, 0.25) is 5.02 Å². The normalized spacial score (nSPS) is 12.2. The molecule has 0 aliphatic carbocycles. The predicted octanol–water partition coefficient (Wildman–Crippen LogP) is 4.01. The van der Waals surface area contributed by atoms with E-state index < -0.39 is 0 Å². The quantitative estimate of drug-likeness (QED) is 0.799. The zero-order valence-corrected chi connectivity index (χ0v) is 12.7. The highest BCUT2D eigenvalue weighted by Gasteiger charge is 2.13. The Kier molecular flexibility index (Phi) is 5.79. The molecule has 0 heterocycles. The van der Waals surface area contributed by atoms with E-state index in [0.29, 0.717) is 10.6 Å². The van der Waals surface area contributed by atoms with Gasteiger partial charge in [0.05, 0.1) is 10.6 Å². The van der Waals surface area contributed by atoms with E-state index in [4.69, 9.17) is 11.6 Å². The molecule has 1 unspecified atom stereocenters. The van der Waals surface area contributed by atoms with Crippen LogP contribution >= 0.6 is 43.5 Å². The fourth-order valence-corrected chi connectivity index (χ4v) is 2.48. The van der Waals surface area contributed by atoms with Crippen molar-refractivity contribution in [2.75, 3.05) is 5.33 Å². The Morgan fingerprint density at radius 2 is 2.25 bits per heavy atom. The average Bonchev–Trinajstić information content (AvgIpc) is 2.22. The number of amides is 1. The van der Waals surface area contributed by atoms with Crippen LogP contribution in [0, 0.1) is 0 Å². The fourth-order valence-electron chi connectivity index (χ4n) is 1.22. The summed E-state index contributed by atoms with van der Waals surface area (Å²) in [5, 5.41) is 4.20. The Hall–Kier alpha value is -0.0600. The molecule has 1 aromatic carbocycles. The van der Waals surface area contributed by atoms with E-state index in [1.165, 1.54) is 0 Å². The van der Waals surface area contributed by atoms with Crippen LogP contribution in [0.15, 0.2) is 22.7 Å². The number of carbonyl (C=O) groups excluding carboxylic acids is 1. The predicted molar refractivity (Wildman–Crippen MR) is 74.5 cm³/mol. The second-order valence-corrected chi connectivity index (χ2v) is 5.48. The lowest BCUT2D eigenvalue weighted by atomic mass is 10.2. The fraction of sp³-hybridized carbons (Fsp3) is 0.364. The highest BCUT2D eigenvalue weighted by atomic mass is 79.9. The zero-order chi connectivity index (χ0) is 12.1. The van der Waals surface area contributed by atoms with Crippen LogP contribution in [0.25, 0.3) is 0 Å². The summed E-state index contributed by atoms with van der Waals surface area (Å²) in [5.41, 5.74) is 0.498. The first-order valence-corrected chi connectivity index (χ1v) is 7.16. The maximum absolute atomic E-state index is 11.9. The van der Waals surface area contributed by atoms with Gasteiger partial charge in [-0.3, -0.25) is 4.79 Å². The average molecular weight is 369 g/mol. The minimum atomic E-state index is -0.139. The Morgan fingerprint density at radius 1 is 1.56 bits per heavy atom.